The SMILES string of the molecule is C1=CC2Oc3ccccc3C2C(c2nc(-c3ccccc3)nc(-c3ccc(C4C=Cc5ccccc5C4)c4oc5ccccc5c34)n2)=C1. The summed E-state index contributed by atoms with van der Waals surface area (Å²) in [7, 11) is 0. The van der Waals surface area contributed by atoms with Crippen LogP contribution in [-0.4, -0.2) is 21.1 Å². The third kappa shape index (κ3) is 4.28. The number of nitrogens with zero attached hydrogens (tertiary/aromatic N) is 3. The Kier molecular flexibility index (Phi) is 6.06. The molecule has 228 valence electrons. The minimum absolute atomic E-state index is 0.0109. The van der Waals surface area contributed by atoms with Gasteiger partial charge in [-0.15, -0.1) is 0 Å². The van der Waals surface area contributed by atoms with Crippen molar-refractivity contribution in [3.8, 4) is 28.5 Å². The van der Waals surface area contributed by atoms with Crippen molar-refractivity contribution in [2.75, 3.05) is 0 Å². The van der Waals surface area contributed by atoms with E-state index < -0.39 is 0 Å². The predicted octanol–water partition coefficient (Wildman–Crippen LogP) is 9.96. The van der Waals surface area contributed by atoms with Crippen LogP contribution in [0.5, 0.6) is 5.75 Å². The van der Waals surface area contributed by atoms with Gasteiger partial charge in [0.25, 0.3) is 0 Å². The number of rotatable bonds is 4. The molecule has 3 atom stereocenters. The Labute approximate surface area is 277 Å². The summed E-state index contributed by atoms with van der Waals surface area (Å²) in [5.74, 6) is 2.98. The topological polar surface area (TPSA) is 61.0 Å². The molecule has 10 rings (SSSR count). The van der Waals surface area contributed by atoms with Crippen molar-refractivity contribution in [3.05, 3.63) is 168 Å². The molecule has 0 spiro atoms. The normalized spacial score (nSPS) is 19.1. The van der Waals surface area contributed by atoms with Gasteiger partial charge in [0.2, 0.25) is 0 Å². The smallest absolute Gasteiger partial charge is 0.164 e. The summed E-state index contributed by atoms with van der Waals surface area (Å²) < 4.78 is 13.1. The van der Waals surface area contributed by atoms with Crippen molar-refractivity contribution in [1.82, 2.24) is 15.0 Å². The van der Waals surface area contributed by atoms with Crippen LogP contribution >= 0.6 is 0 Å². The zero-order valence-corrected chi connectivity index (χ0v) is 26.0. The van der Waals surface area contributed by atoms with Gasteiger partial charge in [-0.25, -0.2) is 15.0 Å². The van der Waals surface area contributed by atoms with E-state index in [1.807, 2.05) is 54.6 Å². The first-order valence-corrected chi connectivity index (χ1v) is 16.4. The number of hydrogen-bond donors (Lipinski definition) is 0. The highest BCUT2D eigenvalue weighted by molar-refractivity contribution is 6.13. The standard InChI is InChI=1S/C43H29N3O2/c1-2-12-27(13-3-1)41-44-42(33-17-10-20-37-38(33)31-15-6-8-18-35(31)47-37)46-43(45-41)34-24-23-30(29-22-21-26-11-4-5-14-28(26)25-29)40-39(34)32-16-7-9-19-36(32)48-40/h1-24,29,37-38H,25H2. The lowest BCUT2D eigenvalue weighted by Crippen LogP contribution is -2.20. The maximum absolute atomic E-state index is 6.70. The van der Waals surface area contributed by atoms with Gasteiger partial charge in [-0.3, -0.25) is 0 Å². The molecule has 3 heterocycles. The van der Waals surface area contributed by atoms with Crippen LogP contribution in [0.2, 0.25) is 0 Å². The van der Waals surface area contributed by atoms with Crippen LogP contribution in [0.4, 0.5) is 0 Å². The molecule has 5 nitrogen and oxygen atoms in total. The Hall–Kier alpha value is -6.07. The molecule has 3 aliphatic rings. The summed E-state index contributed by atoms with van der Waals surface area (Å²) in [6, 6.07) is 39.7. The summed E-state index contributed by atoms with van der Waals surface area (Å²) >= 11 is 0. The Bertz CT molecular complexity index is 2490. The fraction of sp³-hybridized carbons (Fsp3) is 0.0930. The molecule has 2 aromatic heterocycles. The first kappa shape index (κ1) is 27.1. The van der Waals surface area contributed by atoms with Gasteiger partial charge >= 0.3 is 0 Å². The van der Waals surface area contributed by atoms with Crippen molar-refractivity contribution in [2.24, 2.45) is 0 Å². The summed E-state index contributed by atoms with van der Waals surface area (Å²) in [6.45, 7) is 0. The summed E-state index contributed by atoms with van der Waals surface area (Å²) in [4.78, 5) is 15.5. The molecule has 0 bridgehead atoms. The fourth-order valence-electron chi connectivity index (χ4n) is 7.61. The van der Waals surface area contributed by atoms with Crippen molar-refractivity contribution < 1.29 is 9.15 Å². The van der Waals surface area contributed by atoms with E-state index in [0.717, 1.165) is 61.9 Å². The average molecular weight is 620 g/mol. The van der Waals surface area contributed by atoms with Gasteiger partial charge in [-0.05, 0) is 41.8 Å². The predicted molar refractivity (Wildman–Crippen MR) is 191 cm³/mol. The molecule has 3 unspecified atom stereocenters. The molecule has 0 N–H and O–H groups in total. The van der Waals surface area contributed by atoms with Gasteiger partial charge in [0.1, 0.15) is 23.0 Å². The first-order chi connectivity index (χ1) is 23.8. The van der Waals surface area contributed by atoms with E-state index in [-0.39, 0.29) is 17.9 Å². The second-order valence-corrected chi connectivity index (χ2v) is 12.7. The van der Waals surface area contributed by atoms with E-state index in [0.29, 0.717) is 17.5 Å². The van der Waals surface area contributed by atoms with Gasteiger partial charge in [0, 0.05) is 44.5 Å². The third-order valence-electron chi connectivity index (χ3n) is 9.88. The van der Waals surface area contributed by atoms with E-state index in [2.05, 4.69) is 91.0 Å². The molecule has 0 radical (unpaired) electrons. The highest BCUT2D eigenvalue weighted by Crippen LogP contribution is 2.48. The fourth-order valence-corrected chi connectivity index (χ4v) is 7.61. The lowest BCUT2D eigenvalue weighted by atomic mass is 9.84. The van der Waals surface area contributed by atoms with Gasteiger partial charge in [0.05, 0.1) is 5.92 Å². The largest absolute Gasteiger partial charge is 0.485 e. The molecule has 2 aliphatic carbocycles. The highest BCUT2D eigenvalue weighted by atomic mass is 16.5. The number of fused-ring (bicyclic) bond motifs is 7. The molecule has 7 aromatic rings. The summed E-state index contributed by atoms with van der Waals surface area (Å²) in [5.41, 5.74) is 9.54. The molecule has 1 aliphatic heterocycles. The Morgan fingerprint density at radius 2 is 1.44 bits per heavy atom. The summed E-state index contributed by atoms with van der Waals surface area (Å²) in [5, 5.41) is 2.07. The van der Waals surface area contributed by atoms with E-state index >= 15 is 0 Å². The number of benzene rings is 5. The average Bonchev–Trinajstić information content (AvgIpc) is 3.74. The zero-order valence-electron chi connectivity index (χ0n) is 26.0. The second-order valence-electron chi connectivity index (χ2n) is 12.7. The minimum Gasteiger partial charge on any atom is -0.485 e. The van der Waals surface area contributed by atoms with Crippen LogP contribution in [0.25, 0.3) is 56.4 Å². The van der Waals surface area contributed by atoms with Crippen LogP contribution in [-0.2, 0) is 6.42 Å². The highest BCUT2D eigenvalue weighted by Gasteiger charge is 2.38. The van der Waals surface area contributed by atoms with Crippen molar-refractivity contribution in [3.63, 3.8) is 0 Å². The molecule has 0 amide bonds. The van der Waals surface area contributed by atoms with E-state index in [1.54, 1.807) is 0 Å². The second kappa shape index (κ2) is 10.7. The van der Waals surface area contributed by atoms with Gasteiger partial charge in [-0.1, -0.05) is 121 Å². The van der Waals surface area contributed by atoms with Crippen molar-refractivity contribution in [1.29, 1.82) is 0 Å². The van der Waals surface area contributed by atoms with E-state index in [4.69, 9.17) is 24.1 Å². The Morgan fingerprint density at radius 3 is 2.40 bits per heavy atom. The van der Waals surface area contributed by atoms with Crippen LogP contribution in [0, 0.1) is 0 Å². The molecule has 0 saturated heterocycles. The van der Waals surface area contributed by atoms with Crippen LogP contribution in [0.15, 0.2) is 144 Å². The summed E-state index contributed by atoms with van der Waals surface area (Å²) in [6.07, 6.45) is 11.6. The molecular weight excluding hydrogens is 590 g/mol. The maximum atomic E-state index is 6.70. The number of furan rings is 1. The molecule has 5 aromatic carbocycles. The number of para-hydroxylation sites is 2. The maximum Gasteiger partial charge on any atom is 0.164 e. The van der Waals surface area contributed by atoms with Crippen LogP contribution < -0.4 is 4.74 Å². The first-order valence-electron chi connectivity index (χ1n) is 16.4. The Morgan fingerprint density at radius 1 is 0.646 bits per heavy atom. The molecule has 0 fully saturated rings. The molecule has 48 heavy (non-hydrogen) atoms. The van der Waals surface area contributed by atoms with E-state index in [1.165, 1.54) is 11.1 Å². The number of allylic oxidation sites excluding steroid dienone is 3. The molecule has 5 heteroatoms. The van der Waals surface area contributed by atoms with Crippen LogP contribution in [0.1, 0.15) is 39.9 Å². The lowest BCUT2D eigenvalue weighted by molar-refractivity contribution is 0.271. The quantitative estimate of drug-likeness (QED) is 0.196. The lowest BCUT2D eigenvalue weighted by Gasteiger charge is -2.22. The van der Waals surface area contributed by atoms with Gasteiger partial charge in [0.15, 0.2) is 17.5 Å². The number of aromatic nitrogens is 3. The van der Waals surface area contributed by atoms with Crippen LogP contribution in [0.3, 0.4) is 0 Å². The number of ether oxygens (including phenoxy) is 1. The van der Waals surface area contributed by atoms with Gasteiger partial charge in [-0.2, -0.15) is 0 Å². The minimum atomic E-state index is -0.111. The zero-order chi connectivity index (χ0) is 31.6. The third-order valence-corrected chi connectivity index (χ3v) is 9.88. The van der Waals surface area contributed by atoms with E-state index in [9.17, 15) is 0 Å². The van der Waals surface area contributed by atoms with Crippen molar-refractivity contribution in [2.45, 2.75) is 24.4 Å². The van der Waals surface area contributed by atoms with Gasteiger partial charge < -0.3 is 9.15 Å². The Balaban J connectivity index is 1.18. The monoisotopic (exact) mass is 619 g/mol. The molecular formula is C43H29N3O2. The number of hydrogen-bond acceptors (Lipinski definition) is 5. The van der Waals surface area contributed by atoms with Crippen molar-refractivity contribution >= 4 is 33.6 Å². The molecule has 0 saturated carbocycles.